The molecule has 30 heavy (non-hydrogen) atoms. The third-order valence-corrected chi connectivity index (χ3v) is 7.81. The normalized spacial score (nSPS) is 16.1. The van der Waals surface area contributed by atoms with E-state index in [1.807, 2.05) is 52.9 Å². The second kappa shape index (κ2) is 12.6. The second-order valence-corrected chi connectivity index (χ2v) is 9.93. The van der Waals surface area contributed by atoms with Gasteiger partial charge in [-0.1, -0.05) is 28.0 Å². The number of carbonyl (C=O) groups excluding carboxylic acids is 1. The average molecular weight is 445 g/mol. The van der Waals surface area contributed by atoms with Crippen LogP contribution < -0.4 is 4.90 Å². The molecular weight excluding hydrogens is 416 g/mol. The van der Waals surface area contributed by atoms with Crippen LogP contribution in [-0.4, -0.2) is 42.2 Å². The molecule has 0 saturated carbocycles. The number of benzene rings is 1. The fraction of sp³-hybridized carbons (Fsp3) is 0.455. The van der Waals surface area contributed by atoms with Gasteiger partial charge in [0.25, 0.3) is 0 Å². The van der Waals surface area contributed by atoms with E-state index in [4.69, 9.17) is 4.74 Å². The topological polar surface area (TPSA) is 67.2 Å². The third-order valence-electron chi connectivity index (χ3n) is 4.81. The highest BCUT2D eigenvalue weighted by atomic mass is 33.1. The first-order valence-electron chi connectivity index (χ1n) is 10.3. The van der Waals surface area contributed by atoms with Crippen molar-refractivity contribution in [3.8, 4) is 0 Å². The minimum atomic E-state index is -0.0938. The molecule has 0 radical (unpaired) electrons. The van der Waals surface area contributed by atoms with Crippen LogP contribution in [0.3, 0.4) is 0 Å². The number of unbranched alkanes of at least 4 members (excludes halogenated alkanes) is 1. The molecule has 0 aliphatic carbocycles. The van der Waals surface area contributed by atoms with Crippen LogP contribution in [0.15, 0.2) is 59.0 Å². The summed E-state index contributed by atoms with van der Waals surface area (Å²) in [6.07, 6.45) is 8.45. The molecule has 0 bridgehead atoms. The molecule has 1 aromatic carbocycles. The number of azo groups is 1. The Kier molecular flexibility index (Phi) is 9.50. The Morgan fingerprint density at radius 3 is 2.57 bits per heavy atom. The van der Waals surface area contributed by atoms with E-state index in [9.17, 15) is 4.79 Å². The highest BCUT2D eigenvalue weighted by Crippen LogP contribution is 2.39. The zero-order chi connectivity index (χ0) is 21.0. The van der Waals surface area contributed by atoms with Gasteiger partial charge < -0.3 is 9.64 Å². The minimum absolute atomic E-state index is 0.0938. The smallest absolute Gasteiger partial charge is 0.305 e. The van der Waals surface area contributed by atoms with Gasteiger partial charge in [0.2, 0.25) is 0 Å². The number of hydrogen-bond donors (Lipinski definition) is 0. The predicted molar refractivity (Wildman–Crippen MR) is 126 cm³/mol. The Morgan fingerprint density at radius 2 is 1.87 bits per heavy atom. The number of anilines is 1. The van der Waals surface area contributed by atoms with Gasteiger partial charge in [0.15, 0.2) is 0 Å². The van der Waals surface area contributed by atoms with E-state index >= 15 is 0 Å². The van der Waals surface area contributed by atoms with Crippen molar-refractivity contribution in [2.45, 2.75) is 37.4 Å². The van der Waals surface area contributed by atoms with Crippen molar-refractivity contribution in [2.24, 2.45) is 10.2 Å². The molecule has 1 aliphatic rings. The third kappa shape index (κ3) is 7.99. The fourth-order valence-electron chi connectivity index (χ4n) is 3.00. The number of likely N-dealkylation sites (N-methyl/N-ethyl adjacent to an activating group) is 1. The van der Waals surface area contributed by atoms with Crippen molar-refractivity contribution >= 4 is 44.6 Å². The lowest BCUT2D eigenvalue weighted by molar-refractivity contribution is -0.143. The fourth-order valence-corrected chi connectivity index (χ4v) is 6.03. The number of hydrogen-bond acceptors (Lipinski definition) is 8. The van der Waals surface area contributed by atoms with Gasteiger partial charge in [-0.15, -0.1) is 0 Å². The molecule has 0 amide bonds. The first-order chi connectivity index (χ1) is 14.7. The SMILES string of the molecule is CN(CCOC(=O)CCCCC1CCSS1)c1ccc(N=Nc2ccncc2)cc1. The van der Waals surface area contributed by atoms with Crippen molar-refractivity contribution in [3.63, 3.8) is 0 Å². The Labute approximate surface area is 186 Å². The van der Waals surface area contributed by atoms with Gasteiger partial charge in [0.1, 0.15) is 6.61 Å². The monoisotopic (exact) mass is 444 g/mol. The Morgan fingerprint density at radius 1 is 1.13 bits per heavy atom. The Hall–Kier alpha value is -2.06. The summed E-state index contributed by atoms with van der Waals surface area (Å²) in [7, 11) is 5.95. The van der Waals surface area contributed by atoms with Crippen LogP contribution in [0.25, 0.3) is 0 Å². The van der Waals surface area contributed by atoms with E-state index in [2.05, 4.69) is 20.1 Å². The molecule has 160 valence electrons. The lowest BCUT2D eigenvalue weighted by Gasteiger charge is -2.19. The summed E-state index contributed by atoms with van der Waals surface area (Å²) in [4.78, 5) is 17.9. The number of pyridine rings is 1. The Balaban J connectivity index is 1.31. The van der Waals surface area contributed by atoms with Gasteiger partial charge in [0.05, 0.1) is 17.9 Å². The maximum absolute atomic E-state index is 11.9. The molecule has 1 fully saturated rings. The highest BCUT2D eigenvalue weighted by molar-refractivity contribution is 8.77. The zero-order valence-corrected chi connectivity index (χ0v) is 18.9. The average Bonchev–Trinajstić information content (AvgIpc) is 3.30. The molecule has 1 atom stereocenters. The van der Waals surface area contributed by atoms with Gasteiger partial charge in [-0.05, 0) is 55.7 Å². The van der Waals surface area contributed by atoms with Crippen molar-refractivity contribution < 1.29 is 9.53 Å². The van der Waals surface area contributed by atoms with E-state index in [-0.39, 0.29) is 5.97 Å². The molecule has 1 aliphatic heterocycles. The predicted octanol–water partition coefficient (Wildman–Crippen LogP) is 6.19. The first-order valence-corrected chi connectivity index (χ1v) is 12.7. The van der Waals surface area contributed by atoms with Crippen LogP contribution in [0.4, 0.5) is 17.1 Å². The molecule has 6 nitrogen and oxygen atoms in total. The maximum atomic E-state index is 11.9. The lowest BCUT2D eigenvalue weighted by Crippen LogP contribution is -2.23. The quantitative estimate of drug-likeness (QED) is 0.178. The van der Waals surface area contributed by atoms with Crippen molar-refractivity contribution in [3.05, 3.63) is 48.8 Å². The second-order valence-electron chi connectivity index (χ2n) is 7.14. The number of nitrogens with zero attached hydrogens (tertiary/aromatic N) is 4. The molecule has 1 saturated heterocycles. The molecule has 8 heteroatoms. The van der Waals surface area contributed by atoms with Gasteiger partial charge in [-0.3, -0.25) is 9.78 Å². The summed E-state index contributed by atoms with van der Waals surface area (Å²) in [5, 5.41) is 9.20. The van der Waals surface area contributed by atoms with Crippen molar-refractivity contribution in [1.82, 2.24) is 4.98 Å². The van der Waals surface area contributed by atoms with E-state index < -0.39 is 0 Å². The van der Waals surface area contributed by atoms with E-state index in [0.29, 0.717) is 19.6 Å². The van der Waals surface area contributed by atoms with E-state index in [1.165, 1.54) is 18.6 Å². The van der Waals surface area contributed by atoms with Gasteiger partial charge in [0, 0.05) is 42.6 Å². The van der Waals surface area contributed by atoms with Crippen LogP contribution in [0.1, 0.15) is 32.1 Å². The molecule has 0 spiro atoms. The van der Waals surface area contributed by atoms with Crippen LogP contribution in [0.5, 0.6) is 0 Å². The number of aromatic nitrogens is 1. The zero-order valence-electron chi connectivity index (χ0n) is 17.3. The van der Waals surface area contributed by atoms with Gasteiger partial charge in [-0.25, -0.2) is 0 Å². The highest BCUT2D eigenvalue weighted by Gasteiger charge is 2.16. The Bertz CT molecular complexity index is 797. The largest absolute Gasteiger partial charge is 0.464 e. The summed E-state index contributed by atoms with van der Waals surface area (Å²) < 4.78 is 5.39. The molecular formula is C22H28N4O2S2. The summed E-state index contributed by atoms with van der Waals surface area (Å²) in [5.74, 6) is 1.17. The van der Waals surface area contributed by atoms with Gasteiger partial charge in [-0.2, -0.15) is 10.2 Å². The molecule has 2 heterocycles. The van der Waals surface area contributed by atoms with E-state index in [1.54, 1.807) is 24.5 Å². The van der Waals surface area contributed by atoms with Crippen LogP contribution >= 0.6 is 21.6 Å². The standard InChI is InChI=1S/C22H28N4O2S2/c1-26(15-16-28-22(27)5-3-2-4-21-12-17-29-30-21)20-8-6-18(7-9-20)24-25-19-10-13-23-14-11-19/h6-11,13-14,21H,2-5,12,15-17H2,1H3. The van der Waals surface area contributed by atoms with Gasteiger partial charge >= 0.3 is 5.97 Å². The summed E-state index contributed by atoms with van der Waals surface area (Å²) in [6.45, 7) is 1.05. The van der Waals surface area contributed by atoms with E-state index in [0.717, 1.165) is 35.2 Å². The van der Waals surface area contributed by atoms with Crippen LogP contribution in [-0.2, 0) is 9.53 Å². The number of ether oxygens (including phenoxy) is 1. The summed E-state index contributed by atoms with van der Waals surface area (Å²) in [5.41, 5.74) is 2.59. The molecule has 1 aromatic heterocycles. The van der Waals surface area contributed by atoms with Crippen LogP contribution in [0.2, 0.25) is 0 Å². The minimum Gasteiger partial charge on any atom is -0.464 e. The number of esters is 1. The molecule has 2 aromatic rings. The first kappa shape index (κ1) is 22.6. The number of carbonyl (C=O) groups is 1. The molecule has 3 rings (SSSR count). The summed E-state index contributed by atoms with van der Waals surface area (Å²) in [6, 6.07) is 11.4. The molecule has 0 N–H and O–H groups in total. The molecule has 1 unspecified atom stereocenters. The summed E-state index contributed by atoms with van der Waals surface area (Å²) >= 11 is 0. The van der Waals surface area contributed by atoms with Crippen molar-refractivity contribution in [2.75, 3.05) is 30.9 Å². The number of rotatable bonds is 11. The maximum Gasteiger partial charge on any atom is 0.305 e. The lowest BCUT2D eigenvalue weighted by atomic mass is 10.1. The van der Waals surface area contributed by atoms with Crippen molar-refractivity contribution in [1.29, 1.82) is 0 Å². The van der Waals surface area contributed by atoms with Crippen LogP contribution in [0, 0.1) is 0 Å².